The van der Waals surface area contributed by atoms with E-state index in [1.165, 1.54) is 15.3 Å². The van der Waals surface area contributed by atoms with Gasteiger partial charge in [-0.25, -0.2) is 0 Å². The highest BCUT2D eigenvalue weighted by Gasteiger charge is 2.42. The van der Waals surface area contributed by atoms with Crippen molar-refractivity contribution in [2.75, 3.05) is 0 Å². The fourth-order valence-electron chi connectivity index (χ4n) is 2.35. The van der Waals surface area contributed by atoms with Crippen LogP contribution in [0.1, 0.15) is 43.0 Å². The summed E-state index contributed by atoms with van der Waals surface area (Å²) in [4.78, 5) is 2.93. The van der Waals surface area contributed by atoms with Gasteiger partial charge in [-0.05, 0) is 46.2 Å². The molecule has 0 saturated heterocycles. The Labute approximate surface area is 84.2 Å². The molecule has 0 aliphatic carbocycles. The summed E-state index contributed by atoms with van der Waals surface area (Å²) in [5.74, 6) is 0. The lowest BCUT2D eigenvalue weighted by Crippen LogP contribution is -2.40. The molecule has 1 aliphatic rings. The molecule has 1 N–H and O–H groups in total. The molecule has 0 radical (unpaired) electrons. The summed E-state index contributed by atoms with van der Waals surface area (Å²) in [7, 11) is 0. The Morgan fingerprint density at radius 3 is 2.31 bits per heavy atom. The molecule has 1 aliphatic heterocycles. The number of fused-ring (bicyclic) bond motifs is 1. The highest BCUT2D eigenvalue weighted by molar-refractivity contribution is 7.12. The van der Waals surface area contributed by atoms with Crippen molar-refractivity contribution in [2.45, 2.75) is 45.7 Å². The van der Waals surface area contributed by atoms with Gasteiger partial charge in [0.15, 0.2) is 0 Å². The molecular formula is C11H17NS. The number of rotatable bonds is 0. The second-order valence-corrected chi connectivity index (χ2v) is 6.23. The van der Waals surface area contributed by atoms with E-state index in [9.17, 15) is 0 Å². The van der Waals surface area contributed by atoms with Crippen molar-refractivity contribution >= 4 is 11.3 Å². The van der Waals surface area contributed by atoms with E-state index >= 15 is 0 Å². The van der Waals surface area contributed by atoms with Crippen molar-refractivity contribution in [3.63, 3.8) is 0 Å². The molecule has 0 saturated carbocycles. The van der Waals surface area contributed by atoms with Gasteiger partial charge in [-0.2, -0.15) is 0 Å². The van der Waals surface area contributed by atoms with Gasteiger partial charge in [0.25, 0.3) is 0 Å². The fourth-order valence-corrected chi connectivity index (χ4v) is 3.58. The average molecular weight is 195 g/mol. The number of hydrogen-bond acceptors (Lipinski definition) is 2. The number of thiophene rings is 1. The van der Waals surface area contributed by atoms with Crippen molar-refractivity contribution in [1.29, 1.82) is 0 Å². The Hall–Kier alpha value is -0.340. The van der Waals surface area contributed by atoms with E-state index in [1.807, 2.05) is 11.3 Å². The summed E-state index contributed by atoms with van der Waals surface area (Å²) in [6.45, 7) is 11.2. The predicted molar refractivity (Wildman–Crippen MR) is 58.2 cm³/mol. The van der Waals surface area contributed by atoms with E-state index in [0.717, 1.165) is 0 Å². The quantitative estimate of drug-likeness (QED) is 0.670. The zero-order chi connectivity index (χ0) is 9.85. The van der Waals surface area contributed by atoms with Crippen LogP contribution in [0, 0.1) is 6.92 Å². The maximum absolute atomic E-state index is 3.65. The predicted octanol–water partition coefficient (Wildman–Crippen LogP) is 3.13. The Kier molecular flexibility index (Phi) is 1.68. The van der Waals surface area contributed by atoms with Crippen LogP contribution < -0.4 is 5.32 Å². The molecule has 1 nitrogen and oxygen atoms in total. The van der Waals surface area contributed by atoms with E-state index in [2.05, 4.69) is 46.0 Å². The van der Waals surface area contributed by atoms with Crippen molar-refractivity contribution in [1.82, 2.24) is 5.32 Å². The molecule has 0 aromatic carbocycles. The van der Waals surface area contributed by atoms with Crippen LogP contribution >= 0.6 is 11.3 Å². The van der Waals surface area contributed by atoms with Crippen LogP contribution in [0.2, 0.25) is 0 Å². The minimum atomic E-state index is 0.142. The molecule has 0 fully saturated rings. The van der Waals surface area contributed by atoms with Gasteiger partial charge in [-0.3, -0.25) is 5.32 Å². The first-order chi connectivity index (χ1) is 5.83. The lowest BCUT2D eigenvalue weighted by Gasteiger charge is -2.26. The molecule has 72 valence electrons. The third-order valence-corrected chi connectivity index (χ3v) is 4.10. The van der Waals surface area contributed by atoms with Gasteiger partial charge in [0.05, 0.1) is 0 Å². The zero-order valence-corrected chi connectivity index (χ0v) is 9.80. The standard InChI is InChI=1S/C11H17NS/c1-7-6-8-9(13-7)11(4,5)12-10(8,2)3/h6,12H,1-5H3. The number of hydrogen-bond donors (Lipinski definition) is 1. The van der Waals surface area contributed by atoms with Crippen LogP contribution in [0.25, 0.3) is 0 Å². The van der Waals surface area contributed by atoms with E-state index in [0.29, 0.717) is 0 Å². The molecule has 2 rings (SSSR count). The van der Waals surface area contributed by atoms with Gasteiger partial charge >= 0.3 is 0 Å². The van der Waals surface area contributed by atoms with Gasteiger partial charge in [0.2, 0.25) is 0 Å². The molecule has 0 unspecified atom stereocenters. The maximum Gasteiger partial charge on any atom is 0.0481 e. The van der Waals surface area contributed by atoms with E-state index in [4.69, 9.17) is 0 Å². The lowest BCUT2D eigenvalue weighted by molar-refractivity contribution is 0.321. The Bertz CT molecular complexity index is 315. The summed E-state index contributed by atoms with van der Waals surface area (Å²) in [6, 6.07) is 2.32. The number of nitrogens with one attached hydrogen (secondary N) is 1. The summed E-state index contributed by atoms with van der Waals surface area (Å²) >= 11 is 1.92. The van der Waals surface area contributed by atoms with Gasteiger partial charge < -0.3 is 0 Å². The molecule has 2 heterocycles. The minimum Gasteiger partial charge on any atom is -0.298 e. The average Bonchev–Trinajstić information content (AvgIpc) is 2.34. The van der Waals surface area contributed by atoms with Gasteiger partial charge in [-0.1, -0.05) is 0 Å². The molecular weight excluding hydrogens is 178 g/mol. The first-order valence-corrected chi connectivity index (χ1v) is 5.55. The van der Waals surface area contributed by atoms with Crippen molar-refractivity contribution in [3.05, 3.63) is 21.4 Å². The van der Waals surface area contributed by atoms with Crippen LogP contribution in [0.4, 0.5) is 0 Å². The van der Waals surface area contributed by atoms with Gasteiger partial charge in [-0.15, -0.1) is 11.3 Å². The maximum atomic E-state index is 3.65. The SMILES string of the molecule is Cc1cc2c(s1)C(C)(C)NC2(C)C. The molecule has 13 heavy (non-hydrogen) atoms. The van der Waals surface area contributed by atoms with Crippen LogP contribution in [0.15, 0.2) is 6.07 Å². The lowest BCUT2D eigenvalue weighted by atomic mass is 9.98. The molecule has 2 heteroatoms. The number of aryl methyl sites for hydroxylation is 1. The Balaban J connectivity index is 2.63. The first kappa shape index (κ1) is 9.22. The summed E-state index contributed by atoms with van der Waals surface area (Å²) in [6.07, 6.45) is 0. The monoisotopic (exact) mass is 195 g/mol. The van der Waals surface area contributed by atoms with Gasteiger partial charge in [0, 0.05) is 20.8 Å². The van der Waals surface area contributed by atoms with E-state index < -0.39 is 0 Å². The summed E-state index contributed by atoms with van der Waals surface area (Å²) in [5, 5.41) is 3.65. The smallest absolute Gasteiger partial charge is 0.0481 e. The van der Waals surface area contributed by atoms with Crippen LogP contribution in [0.5, 0.6) is 0 Å². The van der Waals surface area contributed by atoms with E-state index in [1.54, 1.807) is 0 Å². The Morgan fingerprint density at radius 2 is 1.77 bits per heavy atom. The van der Waals surface area contributed by atoms with Crippen molar-refractivity contribution in [3.8, 4) is 0 Å². The molecule has 0 spiro atoms. The fraction of sp³-hybridized carbons (Fsp3) is 0.636. The molecule has 0 amide bonds. The van der Waals surface area contributed by atoms with Gasteiger partial charge in [0.1, 0.15) is 0 Å². The second-order valence-electron chi connectivity index (χ2n) is 4.97. The van der Waals surface area contributed by atoms with Crippen molar-refractivity contribution < 1.29 is 0 Å². The normalized spacial score (nSPS) is 23.2. The highest BCUT2D eigenvalue weighted by atomic mass is 32.1. The second kappa shape index (κ2) is 2.37. The van der Waals surface area contributed by atoms with E-state index in [-0.39, 0.29) is 11.1 Å². The molecule has 0 atom stereocenters. The highest BCUT2D eigenvalue weighted by Crippen LogP contribution is 2.45. The summed E-state index contributed by atoms with van der Waals surface area (Å²) < 4.78 is 0. The molecule has 0 bridgehead atoms. The topological polar surface area (TPSA) is 12.0 Å². The third-order valence-electron chi connectivity index (χ3n) is 2.72. The molecule has 1 aromatic heterocycles. The zero-order valence-electron chi connectivity index (χ0n) is 8.99. The van der Waals surface area contributed by atoms with Crippen LogP contribution in [-0.2, 0) is 11.1 Å². The molecule has 1 aromatic rings. The third kappa shape index (κ3) is 1.24. The largest absolute Gasteiger partial charge is 0.298 e. The Morgan fingerprint density at radius 1 is 1.15 bits per heavy atom. The van der Waals surface area contributed by atoms with Crippen LogP contribution in [0.3, 0.4) is 0 Å². The minimum absolute atomic E-state index is 0.142. The van der Waals surface area contributed by atoms with Crippen molar-refractivity contribution in [2.24, 2.45) is 0 Å². The summed E-state index contributed by atoms with van der Waals surface area (Å²) in [5.41, 5.74) is 1.78. The first-order valence-electron chi connectivity index (χ1n) is 4.74. The van der Waals surface area contributed by atoms with Crippen LogP contribution in [-0.4, -0.2) is 0 Å².